The number of ether oxygens (including phenoxy) is 3. The van der Waals surface area contributed by atoms with Gasteiger partial charge in [0.2, 0.25) is 5.91 Å². The normalized spacial score (nSPS) is 10.4. The highest BCUT2D eigenvalue weighted by Crippen LogP contribution is 1.91. The Hall–Kier alpha value is -0.760. The van der Waals surface area contributed by atoms with E-state index < -0.39 is 0 Å². The quantitative estimate of drug-likeness (QED) is 0.409. The Balaban J connectivity index is 3.39. The molecule has 112 valence electrons. The summed E-state index contributed by atoms with van der Waals surface area (Å²) < 4.78 is 15.4. The molecular formula is C12H24N2O4S. The van der Waals surface area contributed by atoms with Gasteiger partial charge in [0.05, 0.1) is 18.2 Å². The fourth-order valence-electron chi connectivity index (χ4n) is 1.20. The second-order valence-electron chi connectivity index (χ2n) is 4.04. The second-order valence-corrected chi connectivity index (χ2v) is 4.57. The van der Waals surface area contributed by atoms with Crippen LogP contribution in [0.3, 0.4) is 0 Å². The molecule has 0 saturated heterocycles. The van der Waals surface area contributed by atoms with Gasteiger partial charge in [-0.15, -0.1) is 0 Å². The highest BCUT2D eigenvalue weighted by Gasteiger charge is 2.08. The molecule has 0 unspecified atom stereocenters. The number of likely N-dealkylation sites (N-methyl/N-ethyl adjacent to an activating group) is 1. The average molecular weight is 292 g/mol. The van der Waals surface area contributed by atoms with Gasteiger partial charge in [-0.2, -0.15) is 0 Å². The number of nitrogens with two attached hydrogens (primary N) is 1. The molecule has 7 heteroatoms. The van der Waals surface area contributed by atoms with Crippen LogP contribution in [0.4, 0.5) is 0 Å². The molecule has 1 amide bonds. The van der Waals surface area contributed by atoms with Crippen LogP contribution in [0.1, 0.15) is 12.8 Å². The molecule has 0 aromatic rings. The van der Waals surface area contributed by atoms with Crippen molar-refractivity contribution in [2.75, 3.05) is 53.7 Å². The Bertz CT molecular complexity index is 264. The van der Waals surface area contributed by atoms with Gasteiger partial charge in [-0.25, -0.2) is 0 Å². The fourth-order valence-corrected chi connectivity index (χ4v) is 1.29. The van der Waals surface area contributed by atoms with E-state index in [0.29, 0.717) is 44.4 Å². The van der Waals surface area contributed by atoms with Crippen molar-refractivity contribution in [3.8, 4) is 0 Å². The third kappa shape index (κ3) is 12.0. The number of hydrogen-bond donors (Lipinski definition) is 1. The summed E-state index contributed by atoms with van der Waals surface area (Å²) in [5.74, 6) is -0.0874. The summed E-state index contributed by atoms with van der Waals surface area (Å²) in [6, 6.07) is 0. The first-order valence-corrected chi connectivity index (χ1v) is 6.65. The topological polar surface area (TPSA) is 74.0 Å². The first kappa shape index (κ1) is 18.2. The van der Waals surface area contributed by atoms with Gasteiger partial charge in [0.1, 0.15) is 6.61 Å². The molecule has 6 nitrogen and oxygen atoms in total. The van der Waals surface area contributed by atoms with Crippen molar-refractivity contribution in [2.24, 2.45) is 5.73 Å². The van der Waals surface area contributed by atoms with E-state index in [1.54, 1.807) is 19.1 Å². The third-order valence-corrected chi connectivity index (χ3v) is 2.56. The van der Waals surface area contributed by atoms with Gasteiger partial charge in [-0.3, -0.25) is 4.79 Å². The van der Waals surface area contributed by atoms with Crippen molar-refractivity contribution in [1.29, 1.82) is 0 Å². The number of rotatable bonds is 12. The van der Waals surface area contributed by atoms with Gasteiger partial charge in [0, 0.05) is 40.3 Å². The lowest BCUT2D eigenvalue weighted by Crippen LogP contribution is -2.33. The van der Waals surface area contributed by atoms with Crippen LogP contribution >= 0.6 is 12.2 Å². The molecule has 0 aromatic carbocycles. The Kier molecular flexibility index (Phi) is 11.8. The Morgan fingerprint density at radius 1 is 1.21 bits per heavy atom. The van der Waals surface area contributed by atoms with E-state index in [0.717, 1.165) is 6.42 Å². The summed E-state index contributed by atoms with van der Waals surface area (Å²) in [6.07, 6.45) is 1.39. The highest BCUT2D eigenvalue weighted by atomic mass is 32.1. The van der Waals surface area contributed by atoms with Gasteiger partial charge in [-0.1, -0.05) is 12.2 Å². The molecule has 0 spiro atoms. The van der Waals surface area contributed by atoms with Gasteiger partial charge in [0.25, 0.3) is 0 Å². The van der Waals surface area contributed by atoms with Crippen LogP contribution in [0, 0.1) is 0 Å². The minimum atomic E-state index is -0.0874. The number of hydrogen-bond acceptors (Lipinski definition) is 5. The van der Waals surface area contributed by atoms with E-state index in [4.69, 9.17) is 32.2 Å². The van der Waals surface area contributed by atoms with E-state index in [1.165, 1.54) is 0 Å². The maximum absolute atomic E-state index is 11.6. The van der Waals surface area contributed by atoms with Crippen molar-refractivity contribution >= 4 is 23.1 Å². The van der Waals surface area contributed by atoms with Crippen LogP contribution < -0.4 is 5.73 Å². The number of thiocarbonyl (C=S) groups is 1. The van der Waals surface area contributed by atoms with Crippen LogP contribution in [-0.4, -0.2) is 69.5 Å². The van der Waals surface area contributed by atoms with E-state index in [9.17, 15) is 4.79 Å². The Morgan fingerprint density at radius 3 is 2.53 bits per heavy atom. The van der Waals surface area contributed by atoms with Crippen molar-refractivity contribution in [3.63, 3.8) is 0 Å². The van der Waals surface area contributed by atoms with Gasteiger partial charge >= 0.3 is 0 Å². The molecule has 2 N–H and O–H groups in total. The molecule has 0 aliphatic heterocycles. The molecule has 0 aliphatic carbocycles. The molecule has 0 saturated carbocycles. The molecule has 0 aromatic heterocycles. The predicted molar refractivity (Wildman–Crippen MR) is 77.2 cm³/mol. The van der Waals surface area contributed by atoms with E-state index in [1.807, 2.05) is 0 Å². The summed E-state index contributed by atoms with van der Waals surface area (Å²) in [7, 11) is 3.35. The highest BCUT2D eigenvalue weighted by molar-refractivity contribution is 7.80. The van der Waals surface area contributed by atoms with Gasteiger partial charge in [-0.05, 0) is 6.42 Å². The number of methoxy groups -OCH3 is 1. The Labute approximate surface area is 120 Å². The van der Waals surface area contributed by atoms with Crippen molar-refractivity contribution in [1.82, 2.24) is 4.90 Å². The van der Waals surface area contributed by atoms with Crippen molar-refractivity contribution in [2.45, 2.75) is 12.8 Å². The standard InChI is InChI=1S/C12H24N2O4S/c1-14(5-4-11(13)19)12(15)10-18-9-8-17-7-3-6-16-2/h3-10H2,1-2H3,(H2,13,19). The summed E-state index contributed by atoms with van der Waals surface area (Å²) in [6.45, 7) is 2.78. The average Bonchev–Trinajstić information content (AvgIpc) is 2.38. The smallest absolute Gasteiger partial charge is 0.248 e. The molecule has 0 rings (SSSR count). The van der Waals surface area contributed by atoms with E-state index in [-0.39, 0.29) is 12.5 Å². The largest absolute Gasteiger partial charge is 0.393 e. The van der Waals surface area contributed by atoms with Crippen LogP contribution in [0.15, 0.2) is 0 Å². The van der Waals surface area contributed by atoms with E-state index >= 15 is 0 Å². The number of nitrogens with zero attached hydrogens (tertiary/aromatic N) is 1. The first-order valence-electron chi connectivity index (χ1n) is 6.24. The minimum Gasteiger partial charge on any atom is -0.393 e. The molecule has 0 atom stereocenters. The van der Waals surface area contributed by atoms with Crippen LogP contribution in [-0.2, 0) is 19.0 Å². The SMILES string of the molecule is COCCCOCCOCC(=O)N(C)CCC(N)=S. The fraction of sp³-hybridized carbons (Fsp3) is 0.833. The molecular weight excluding hydrogens is 268 g/mol. The zero-order valence-corrected chi connectivity index (χ0v) is 12.5. The van der Waals surface area contributed by atoms with Gasteiger partial charge < -0.3 is 24.8 Å². The molecule has 0 radical (unpaired) electrons. The number of amides is 1. The summed E-state index contributed by atoms with van der Waals surface area (Å²) >= 11 is 4.75. The zero-order chi connectivity index (χ0) is 14.5. The first-order chi connectivity index (χ1) is 9.07. The number of carbonyl (C=O) groups is 1. The summed E-state index contributed by atoms with van der Waals surface area (Å²) in [4.78, 5) is 13.6. The second kappa shape index (κ2) is 12.3. The lowest BCUT2D eigenvalue weighted by atomic mass is 10.4. The van der Waals surface area contributed by atoms with Crippen LogP contribution in [0.2, 0.25) is 0 Å². The predicted octanol–water partition coefficient (Wildman–Crippen LogP) is 0.191. The molecule has 0 fully saturated rings. The van der Waals surface area contributed by atoms with Gasteiger partial charge in [0.15, 0.2) is 0 Å². The minimum absolute atomic E-state index is 0.0509. The molecule has 0 aliphatic rings. The zero-order valence-electron chi connectivity index (χ0n) is 11.7. The van der Waals surface area contributed by atoms with Crippen molar-refractivity contribution in [3.05, 3.63) is 0 Å². The number of carbonyl (C=O) groups excluding carboxylic acids is 1. The lowest BCUT2D eigenvalue weighted by Gasteiger charge is -2.16. The molecule has 19 heavy (non-hydrogen) atoms. The lowest BCUT2D eigenvalue weighted by molar-refractivity contribution is -0.135. The van der Waals surface area contributed by atoms with Crippen molar-refractivity contribution < 1.29 is 19.0 Å². The van der Waals surface area contributed by atoms with Crippen LogP contribution in [0.5, 0.6) is 0 Å². The van der Waals surface area contributed by atoms with Crippen LogP contribution in [0.25, 0.3) is 0 Å². The molecule has 0 bridgehead atoms. The summed E-state index contributed by atoms with van der Waals surface area (Å²) in [5, 5.41) is 0. The van der Waals surface area contributed by atoms with E-state index in [2.05, 4.69) is 0 Å². The third-order valence-electron chi connectivity index (χ3n) is 2.35. The Morgan fingerprint density at radius 2 is 1.89 bits per heavy atom. The monoisotopic (exact) mass is 292 g/mol. The maximum atomic E-state index is 11.6. The summed E-state index contributed by atoms with van der Waals surface area (Å²) in [5.41, 5.74) is 5.37. The molecule has 0 heterocycles. The maximum Gasteiger partial charge on any atom is 0.248 e.